The van der Waals surface area contributed by atoms with Crippen molar-refractivity contribution in [2.24, 2.45) is 4.99 Å². The number of aliphatic imine (C=N–C) groups is 1. The van der Waals surface area contributed by atoms with Crippen LogP contribution in [0.5, 0.6) is 0 Å². The largest absolute Gasteiger partial charge is 0.288 e. The molecule has 148 valence electrons. The molecule has 0 amide bonds. The van der Waals surface area contributed by atoms with E-state index in [1.54, 1.807) is 12.2 Å². The van der Waals surface area contributed by atoms with Crippen molar-refractivity contribution < 1.29 is 0 Å². The van der Waals surface area contributed by atoms with E-state index in [0.29, 0.717) is 6.54 Å². The van der Waals surface area contributed by atoms with Gasteiger partial charge in [0.1, 0.15) is 6.17 Å². The molecule has 0 aliphatic heterocycles. The molecule has 2 heteroatoms. The maximum absolute atomic E-state index is 4.15. The van der Waals surface area contributed by atoms with E-state index in [4.69, 9.17) is 0 Å². The summed E-state index contributed by atoms with van der Waals surface area (Å²) in [6.45, 7) is 20.5. The zero-order chi connectivity index (χ0) is 20.9. The number of benzene rings is 1. The average molecular weight is 375 g/mol. The Labute approximate surface area is 171 Å². The van der Waals surface area contributed by atoms with E-state index in [-0.39, 0.29) is 6.17 Å². The van der Waals surface area contributed by atoms with Gasteiger partial charge in [-0.15, -0.1) is 0 Å². The first-order valence-corrected chi connectivity index (χ1v) is 9.72. The van der Waals surface area contributed by atoms with Crippen molar-refractivity contribution >= 4 is 12.3 Å². The first-order valence-electron chi connectivity index (χ1n) is 9.72. The second-order valence-corrected chi connectivity index (χ2v) is 6.95. The molecular weight excluding hydrogens is 340 g/mol. The fourth-order valence-corrected chi connectivity index (χ4v) is 2.87. The molecule has 2 nitrogen and oxygen atoms in total. The normalized spacial score (nSPS) is 13.6. The third-order valence-corrected chi connectivity index (χ3v) is 4.18. The molecule has 1 unspecified atom stereocenters. The summed E-state index contributed by atoms with van der Waals surface area (Å²) in [6, 6.07) is 8.65. The van der Waals surface area contributed by atoms with E-state index in [2.05, 4.69) is 100 Å². The molecule has 1 aromatic carbocycles. The Morgan fingerprint density at radius 3 is 2.29 bits per heavy atom. The Hall–Kier alpha value is -2.71. The molecule has 1 N–H and O–H groups in total. The fraction of sp³-hybridized carbons (Fsp3) is 0.269. The summed E-state index contributed by atoms with van der Waals surface area (Å²) >= 11 is 0. The van der Waals surface area contributed by atoms with Gasteiger partial charge in [-0.3, -0.25) is 10.3 Å². The van der Waals surface area contributed by atoms with Crippen molar-refractivity contribution in [1.29, 1.82) is 0 Å². The van der Waals surface area contributed by atoms with Gasteiger partial charge in [-0.2, -0.15) is 0 Å². The van der Waals surface area contributed by atoms with Crippen LogP contribution in [0.15, 0.2) is 95.6 Å². The molecule has 0 saturated heterocycles. The molecule has 0 heterocycles. The minimum atomic E-state index is -0.196. The van der Waals surface area contributed by atoms with Crippen LogP contribution in [0.3, 0.4) is 0 Å². The molecule has 0 radical (unpaired) electrons. The topological polar surface area (TPSA) is 24.4 Å². The highest BCUT2D eigenvalue weighted by atomic mass is 15.1. The molecule has 0 aromatic heterocycles. The number of hydrogen-bond acceptors (Lipinski definition) is 2. The Morgan fingerprint density at radius 2 is 1.79 bits per heavy atom. The number of allylic oxidation sites excluding steroid dienone is 8. The maximum atomic E-state index is 4.15. The smallest absolute Gasteiger partial charge is 0.125 e. The second kappa shape index (κ2) is 12.6. The van der Waals surface area contributed by atoms with Crippen LogP contribution in [0.25, 0.3) is 5.57 Å². The van der Waals surface area contributed by atoms with Gasteiger partial charge in [0.25, 0.3) is 0 Å². The second-order valence-electron chi connectivity index (χ2n) is 6.95. The van der Waals surface area contributed by atoms with Crippen LogP contribution in [0.2, 0.25) is 0 Å². The highest BCUT2D eigenvalue weighted by molar-refractivity contribution is 5.76. The number of nitrogens with zero attached hydrogens (tertiary/aromatic N) is 1. The Morgan fingerprint density at radius 1 is 1.11 bits per heavy atom. The lowest BCUT2D eigenvalue weighted by Gasteiger charge is -2.15. The van der Waals surface area contributed by atoms with Crippen molar-refractivity contribution in [3.63, 3.8) is 0 Å². The van der Waals surface area contributed by atoms with Crippen molar-refractivity contribution in [1.82, 2.24) is 5.32 Å². The van der Waals surface area contributed by atoms with E-state index >= 15 is 0 Å². The molecule has 28 heavy (non-hydrogen) atoms. The first-order chi connectivity index (χ1) is 13.4. The summed E-state index contributed by atoms with van der Waals surface area (Å²) in [5.41, 5.74) is 7.16. The molecule has 0 saturated carbocycles. The van der Waals surface area contributed by atoms with Gasteiger partial charge in [-0.1, -0.05) is 91.9 Å². The van der Waals surface area contributed by atoms with Gasteiger partial charge in [0, 0.05) is 6.54 Å². The zero-order valence-electron chi connectivity index (χ0n) is 17.8. The van der Waals surface area contributed by atoms with Gasteiger partial charge in [-0.25, -0.2) is 0 Å². The van der Waals surface area contributed by atoms with Crippen molar-refractivity contribution in [3.8, 4) is 0 Å². The van der Waals surface area contributed by atoms with Crippen molar-refractivity contribution in [2.45, 2.75) is 46.8 Å². The Kier molecular flexibility index (Phi) is 10.5. The van der Waals surface area contributed by atoms with E-state index in [1.807, 2.05) is 6.08 Å². The summed E-state index contributed by atoms with van der Waals surface area (Å²) in [7, 11) is 0. The lowest BCUT2D eigenvalue weighted by atomic mass is 9.99. The average Bonchev–Trinajstić information content (AvgIpc) is 2.67. The lowest BCUT2D eigenvalue weighted by molar-refractivity contribution is 0.601. The van der Waals surface area contributed by atoms with Gasteiger partial charge < -0.3 is 0 Å². The molecule has 0 spiro atoms. The highest BCUT2D eigenvalue weighted by Crippen LogP contribution is 2.21. The standard InChI is InChI=1S/C26H34N2/c1-8-11-21(6)18-25(17-20(4)5)24-15-13-22(14-16-24)19-28-26(27-7)23(10-3)12-9-2/h9-18,26,28H,2-3,7-8,19H2,1,4-6H3/b21-11+,23-12+,25-18+. The van der Waals surface area contributed by atoms with Crippen LogP contribution in [-0.4, -0.2) is 12.9 Å². The van der Waals surface area contributed by atoms with Gasteiger partial charge >= 0.3 is 0 Å². The minimum absolute atomic E-state index is 0.196. The summed E-state index contributed by atoms with van der Waals surface area (Å²) in [6.07, 6.45) is 13.0. The molecule has 1 rings (SSSR count). The van der Waals surface area contributed by atoms with Crippen LogP contribution in [0.1, 0.15) is 45.2 Å². The molecule has 0 aliphatic rings. The summed E-state index contributed by atoms with van der Waals surface area (Å²) in [5, 5.41) is 3.40. The summed E-state index contributed by atoms with van der Waals surface area (Å²) in [4.78, 5) is 4.15. The molecule has 1 atom stereocenters. The van der Waals surface area contributed by atoms with Crippen LogP contribution in [0, 0.1) is 0 Å². The Balaban J connectivity index is 2.99. The quantitative estimate of drug-likeness (QED) is 0.334. The van der Waals surface area contributed by atoms with Gasteiger partial charge in [0.05, 0.1) is 0 Å². The van der Waals surface area contributed by atoms with Crippen LogP contribution in [0.4, 0.5) is 0 Å². The van der Waals surface area contributed by atoms with E-state index in [0.717, 1.165) is 12.0 Å². The predicted molar refractivity (Wildman–Crippen MR) is 127 cm³/mol. The molecule has 1 aromatic rings. The monoisotopic (exact) mass is 374 g/mol. The van der Waals surface area contributed by atoms with Gasteiger partial charge in [-0.05, 0) is 56.2 Å². The predicted octanol–water partition coefficient (Wildman–Crippen LogP) is 6.81. The number of nitrogens with one attached hydrogen (secondary N) is 1. The van der Waals surface area contributed by atoms with E-state index < -0.39 is 0 Å². The molecular formula is C26H34N2. The van der Waals surface area contributed by atoms with Crippen molar-refractivity contribution in [3.05, 3.63) is 102 Å². The van der Waals surface area contributed by atoms with Crippen LogP contribution in [-0.2, 0) is 6.54 Å². The summed E-state index contributed by atoms with van der Waals surface area (Å²) < 4.78 is 0. The number of rotatable bonds is 11. The molecule has 0 fully saturated rings. The molecule has 0 bridgehead atoms. The summed E-state index contributed by atoms with van der Waals surface area (Å²) in [5.74, 6) is 0. The minimum Gasteiger partial charge on any atom is -0.288 e. The zero-order valence-corrected chi connectivity index (χ0v) is 17.8. The number of hydrogen-bond donors (Lipinski definition) is 1. The lowest BCUT2D eigenvalue weighted by Crippen LogP contribution is -2.27. The maximum Gasteiger partial charge on any atom is 0.125 e. The highest BCUT2D eigenvalue weighted by Gasteiger charge is 2.08. The third-order valence-electron chi connectivity index (χ3n) is 4.18. The van der Waals surface area contributed by atoms with E-state index in [9.17, 15) is 0 Å². The first kappa shape index (κ1) is 23.3. The van der Waals surface area contributed by atoms with E-state index in [1.165, 1.54) is 27.8 Å². The van der Waals surface area contributed by atoms with Crippen molar-refractivity contribution in [2.75, 3.05) is 0 Å². The van der Waals surface area contributed by atoms with Gasteiger partial charge in [0.2, 0.25) is 0 Å². The SMILES string of the molecule is C=C/C=C(\C=C)C(N=C)NCc1ccc(/C(C=C(C)C)=C/C(C)=C/CC)cc1. The van der Waals surface area contributed by atoms with Gasteiger partial charge in [0.15, 0.2) is 0 Å². The fourth-order valence-electron chi connectivity index (χ4n) is 2.87. The third kappa shape index (κ3) is 7.89. The van der Waals surface area contributed by atoms with Crippen LogP contribution >= 0.6 is 0 Å². The Bertz CT molecular complexity index is 782. The molecule has 0 aliphatic carbocycles. The van der Waals surface area contributed by atoms with Crippen LogP contribution < -0.4 is 5.32 Å².